The number of hydrogen-bond donors (Lipinski definition) is 2. The second-order valence-corrected chi connectivity index (χ2v) is 4.42. The van der Waals surface area contributed by atoms with Gasteiger partial charge in [0.15, 0.2) is 0 Å². The topological polar surface area (TPSA) is 128 Å². The monoisotopic (exact) mass is 287 g/mol. The lowest BCUT2D eigenvalue weighted by atomic mass is 10.1. The number of nitrogens with two attached hydrogens (primary N) is 1. The maximum absolute atomic E-state index is 10.9. The molecule has 108 valence electrons. The molecule has 2 rings (SSSR count). The Morgan fingerprint density at radius 2 is 2.00 bits per heavy atom. The molecule has 21 heavy (non-hydrogen) atoms. The maximum atomic E-state index is 10.9. The van der Waals surface area contributed by atoms with Crippen molar-refractivity contribution >= 4 is 11.5 Å². The van der Waals surface area contributed by atoms with E-state index in [1.165, 1.54) is 18.5 Å². The van der Waals surface area contributed by atoms with E-state index in [1.54, 1.807) is 19.9 Å². The van der Waals surface area contributed by atoms with Gasteiger partial charge in [-0.05, 0) is 25.5 Å². The number of aryl methyl sites for hydroxylation is 2. The van der Waals surface area contributed by atoms with E-state index in [0.29, 0.717) is 16.9 Å². The quantitative estimate of drug-likeness (QED) is 0.383. The molecule has 0 radical (unpaired) electrons. The van der Waals surface area contributed by atoms with Gasteiger partial charge in [-0.15, -0.1) is 0 Å². The molecule has 0 aliphatic carbocycles. The van der Waals surface area contributed by atoms with Crippen LogP contribution in [0.3, 0.4) is 0 Å². The van der Waals surface area contributed by atoms with Gasteiger partial charge in [-0.2, -0.15) is 0 Å². The van der Waals surface area contributed by atoms with Gasteiger partial charge in [-0.1, -0.05) is 0 Å². The minimum Gasteiger partial charge on any atom is -0.437 e. The second-order valence-electron chi connectivity index (χ2n) is 4.42. The normalized spacial score (nSPS) is 10.2. The number of aromatic nitrogens is 2. The number of nitro groups is 1. The van der Waals surface area contributed by atoms with E-state index in [4.69, 9.17) is 15.9 Å². The molecule has 0 unspecified atom stereocenters. The number of nitrogens with zero attached hydrogens (tertiary/aromatic N) is 3. The summed E-state index contributed by atoms with van der Waals surface area (Å²) in [7, 11) is 0. The zero-order valence-corrected chi connectivity index (χ0v) is 11.5. The molecule has 1 heterocycles. The third kappa shape index (κ3) is 3.11. The van der Waals surface area contributed by atoms with Crippen LogP contribution in [0.15, 0.2) is 24.5 Å². The van der Waals surface area contributed by atoms with Crippen molar-refractivity contribution in [2.45, 2.75) is 13.8 Å². The van der Waals surface area contributed by atoms with Crippen molar-refractivity contribution in [3.05, 3.63) is 51.5 Å². The first-order chi connectivity index (χ1) is 9.88. The highest BCUT2D eigenvalue weighted by Gasteiger charge is 2.15. The molecule has 1 aromatic carbocycles. The minimum atomic E-state index is -0.437. The molecule has 1 aromatic heterocycles. The van der Waals surface area contributed by atoms with Crippen LogP contribution in [0.5, 0.6) is 11.6 Å². The number of amidine groups is 1. The average molecular weight is 287 g/mol. The molecule has 0 aliphatic heterocycles. The summed E-state index contributed by atoms with van der Waals surface area (Å²) in [5.41, 5.74) is 6.68. The van der Waals surface area contributed by atoms with E-state index in [2.05, 4.69) is 9.97 Å². The molecule has 0 amide bonds. The van der Waals surface area contributed by atoms with Crippen LogP contribution in [-0.4, -0.2) is 20.7 Å². The Morgan fingerprint density at radius 1 is 1.29 bits per heavy atom. The van der Waals surface area contributed by atoms with Crippen molar-refractivity contribution < 1.29 is 9.66 Å². The highest BCUT2D eigenvalue weighted by atomic mass is 16.6. The lowest BCUT2D eigenvalue weighted by Gasteiger charge is -2.09. The SMILES string of the molecule is Cc1cc([N+](=O)[O-])c(C)cc1Oc1cnc(C(=N)N)cn1. The summed E-state index contributed by atoms with van der Waals surface area (Å²) >= 11 is 0. The second kappa shape index (κ2) is 5.53. The predicted octanol–water partition coefficient (Wildman–Crippen LogP) is 2.08. The third-order valence-corrected chi connectivity index (χ3v) is 2.81. The summed E-state index contributed by atoms with van der Waals surface area (Å²) in [5.74, 6) is 0.496. The first-order valence-corrected chi connectivity index (χ1v) is 5.98. The number of benzene rings is 1. The highest BCUT2D eigenvalue weighted by molar-refractivity contribution is 5.92. The molecule has 0 atom stereocenters. The first-order valence-electron chi connectivity index (χ1n) is 5.98. The Bertz CT molecular complexity index is 712. The van der Waals surface area contributed by atoms with Crippen molar-refractivity contribution in [2.75, 3.05) is 0 Å². The van der Waals surface area contributed by atoms with Gasteiger partial charge < -0.3 is 10.5 Å². The summed E-state index contributed by atoms with van der Waals surface area (Å²) in [6, 6.07) is 3.02. The fraction of sp³-hybridized carbons (Fsp3) is 0.154. The molecule has 8 nitrogen and oxygen atoms in total. The van der Waals surface area contributed by atoms with Crippen LogP contribution < -0.4 is 10.5 Å². The van der Waals surface area contributed by atoms with E-state index >= 15 is 0 Å². The van der Waals surface area contributed by atoms with Crippen LogP contribution in [-0.2, 0) is 0 Å². The number of nitro benzene ring substituents is 1. The Hall–Kier alpha value is -3.03. The summed E-state index contributed by atoms with van der Waals surface area (Å²) < 4.78 is 5.55. The molecule has 8 heteroatoms. The molecule has 0 spiro atoms. The van der Waals surface area contributed by atoms with Gasteiger partial charge >= 0.3 is 0 Å². The van der Waals surface area contributed by atoms with E-state index in [1.807, 2.05) is 0 Å². The van der Waals surface area contributed by atoms with Crippen molar-refractivity contribution in [1.82, 2.24) is 9.97 Å². The fourth-order valence-corrected chi connectivity index (χ4v) is 1.70. The Labute approximate surface area is 120 Å². The van der Waals surface area contributed by atoms with Gasteiger partial charge in [-0.3, -0.25) is 15.5 Å². The molecule has 0 bridgehead atoms. The predicted molar refractivity (Wildman–Crippen MR) is 75.7 cm³/mol. The van der Waals surface area contributed by atoms with Crippen molar-refractivity contribution in [3.63, 3.8) is 0 Å². The molecule has 0 saturated heterocycles. The molecular weight excluding hydrogens is 274 g/mol. The first kappa shape index (κ1) is 14.4. The van der Waals surface area contributed by atoms with E-state index < -0.39 is 4.92 Å². The summed E-state index contributed by atoms with van der Waals surface area (Å²) in [5, 5.41) is 18.1. The van der Waals surface area contributed by atoms with Crippen LogP contribution >= 0.6 is 0 Å². The maximum Gasteiger partial charge on any atom is 0.272 e. The lowest BCUT2D eigenvalue weighted by Crippen LogP contribution is -2.13. The number of hydrogen-bond acceptors (Lipinski definition) is 6. The molecule has 2 aromatic rings. The summed E-state index contributed by atoms with van der Waals surface area (Å²) in [4.78, 5) is 18.3. The average Bonchev–Trinajstić information content (AvgIpc) is 2.42. The Balaban J connectivity index is 2.29. The van der Waals surface area contributed by atoms with Gasteiger partial charge in [0.05, 0.1) is 17.3 Å². The Kier molecular flexibility index (Phi) is 3.79. The van der Waals surface area contributed by atoms with Crippen LogP contribution in [0.2, 0.25) is 0 Å². The minimum absolute atomic E-state index is 0.0397. The number of nitrogens with one attached hydrogen (secondary N) is 1. The van der Waals surface area contributed by atoms with E-state index in [-0.39, 0.29) is 23.1 Å². The van der Waals surface area contributed by atoms with Crippen molar-refractivity contribution in [2.24, 2.45) is 5.73 Å². The molecular formula is C13H13N5O3. The fourth-order valence-electron chi connectivity index (χ4n) is 1.70. The standard InChI is InChI=1S/C13H13N5O3/c1-7-4-11(8(2)3-10(7)18(19)20)21-12-6-16-9(5-17-12)13(14)15/h3-6H,1-2H3,(H3,14,15). The van der Waals surface area contributed by atoms with Gasteiger partial charge in [0.2, 0.25) is 5.88 Å². The number of ether oxygens (including phenoxy) is 1. The van der Waals surface area contributed by atoms with Crippen molar-refractivity contribution in [1.29, 1.82) is 5.41 Å². The smallest absolute Gasteiger partial charge is 0.272 e. The van der Waals surface area contributed by atoms with Crippen LogP contribution in [0.1, 0.15) is 16.8 Å². The van der Waals surface area contributed by atoms with Gasteiger partial charge in [0.1, 0.15) is 17.3 Å². The summed E-state index contributed by atoms with van der Waals surface area (Å²) in [6.07, 6.45) is 2.66. The van der Waals surface area contributed by atoms with Crippen LogP contribution in [0.25, 0.3) is 0 Å². The van der Waals surface area contributed by atoms with Gasteiger partial charge in [0, 0.05) is 11.6 Å². The van der Waals surface area contributed by atoms with Crippen LogP contribution in [0.4, 0.5) is 5.69 Å². The highest BCUT2D eigenvalue weighted by Crippen LogP contribution is 2.30. The van der Waals surface area contributed by atoms with E-state index in [0.717, 1.165) is 0 Å². The molecule has 0 saturated carbocycles. The summed E-state index contributed by atoms with van der Waals surface area (Å²) in [6.45, 7) is 3.34. The number of nitrogen functional groups attached to an aromatic ring is 1. The molecule has 3 N–H and O–H groups in total. The van der Waals surface area contributed by atoms with Crippen LogP contribution in [0, 0.1) is 29.4 Å². The zero-order valence-electron chi connectivity index (χ0n) is 11.5. The van der Waals surface area contributed by atoms with Gasteiger partial charge in [0.25, 0.3) is 5.69 Å². The van der Waals surface area contributed by atoms with E-state index in [9.17, 15) is 10.1 Å². The van der Waals surface area contributed by atoms with Crippen molar-refractivity contribution in [3.8, 4) is 11.6 Å². The zero-order chi connectivity index (χ0) is 15.6. The number of rotatable bonds is 4. The largest absolute Gasteiger partial charge is 0.437 e. The Morgan fingerprint density at radius 3 is 2.52 bits per heavy atom. The van der Waals surface area contributed by atoms with Gasteiger partial charge in [-0.25, -0.2) is 9.97 Å². The lowest BCUT2D eigenvalue weighted by molar-refractivity contribution is -0.385. The molecule has 0 aliphatic rings. The third-order valence-electron chi connectivity index (χ3n) is 2.81. The molecule has 0 fully saturated rings.